The van der Waals surface area contributed by atoms with Crippen molar-refractivity contribution in [1.82, 2.24) is 9.88 Å². The third-order valence-corrected chi connectivity index (χ3v) is 7.96. The van der Waals surface area contributed by atoms with Gasteiger partial charge in [-0.2, -0.15) is 0 Å². The van der Waals surface area contributed by atoms with Gasteiger partial charge < -0.3 is 4.42 Å². The standard InChI is InChI=1S/C26H33FN2O2S/c1-3-29(18(2)5-4-16-32-23-13-9-21(27)10-14-23)22-11-6-19(7-12-22)20-8-15-24-25(17-20)31-26(30)28-24/h8-10,13-15,17-19,22H,3-7,11-12,16H2,1-2H3,(H,28,30). The normalized spacial score (nSPS) is 20.1. The van der Waals surface area contributed by atoms with Gasteiger partial charge in [-0.15, -0.1) is 11.8 Å². The Hall–Kier alpha value is -2.05. The van der Waals surface area contributed by atoms with E-state index in [0.717, 1.165) is 29.1 Å². The molecule has 0 aliphatic heterocycles. The predicted octanol–water partition coefficient (Wildman–Crippen LogP) is 6.57. The second-order valence-corrected chi connectivity index (χ2v) is 10.1. The molecule has 1 aliphatic carbocycles. The van der Waals surface area contributed by atoms with Gasteiger partial charge in [0, 0.05) is 17.0 Å². The summed E-state index contributed by atoms with van der Waals surface area (Å²) in [5.74, 6) is 1.05. The number of nitrogens with zero attached hydrogens (tertiary/aromatic N) is 1. The number of fused-ring (bicyclic) bond motifs is 1. The minimum absolute atomic E-state index is 0.173. The molecule has 32 heavy (non-hydrogen) atoms. The number of rotatable bonds is 9. The highest BCUT2D eigenvalue weighted by Gasteiger charge is 2.28. The van der Waals surface area contributed by atoms with Gasteiger partial charge in [0.1, 0.15) is 5.82 Å². The number of hydrogen-bond donors (Lipinski definition) is 1. The molecule has 0 saturated heterocycles. The molecule has 1 aliphatic rings. The quantitative estimate of drug-likeness (QED) is 0.292. The van der Waals surface area contributed by atoms with E-state index in [0.29, 0.717) is 23.6 Å². The van der Waals surface area contributed by atoms with Crippen molar-refractivity contribution < 1.29 is 8.81 Å². The third kappa shape index (κ3) is 5.65. The Morgan fingerprint density at radius 1 is 1.16 bits per heavy atom. The van der Waals surface area contributed by atoms with Gasteiger partial charge >= 0.3 is 5.76 Å². The lowest BCUT2D eigenvalue weighted by atomic mass is 9.80. The molecular weight excluding hydrogens is 423 g/mol. The van der Waals surface area contributed by atoms with Crippen LogP contribution in [0.5, 0.6) is 0 Å². The van der Waals surface area contributed by atoms with Gasteiger partial charge in [0.25, 0.3) is 0 Å². The van der Waals surface area contributed by atoms with Crippen molar-refractivity contribution in [3.8, 4) is 0 Å². The summed E-state index contributed by atoms with van der Waals surface area (Å²) in [7, 11) is 0. The number of benzene rings is 2. The highest BCUT2D eigenvalue weighted by Crippen LogP contribution is 2.36. The molecule has 4 rings (SSSR count). The zero-order chi connectivity index (χ0) is 22.5. The van der Waals surface area contributed by atoms with Crippen LogP contribution in [0.15, 0.2) is 56.6 Å². The van der Waals surface area contributed by atoms with Gasteiger partial charge in [-0.3, -0.25) is 9.88 Å². The number of thioether (sulfide) groups is 1. The summed E-state index contributed by atoms with van der Waals surface area (Å²) in [6, 6.07) is 14.1. The van der Waals surface area contributed by atoms with E-state index in [2.05, 4.69) is 29.8 Å². The summed E-state index contributed by atoms with van der Waals surface area (Å²) in [6.45, 7) is 5.72. The molecule has 1 N–H and O–H groups in total. The van der Waals surface area contributed by atoms with E-state index in [1.807, 2.05) is 36.0 Å². The third-order valence-electron chi connectivity index (χ3n) is 6.86. The number of hydrogen-bond acceptors (Lipinski definition) is 4. The predicted molar refractivity (Wildman–Crippen MR) is 130 cm³/mol. The summed E-state index contributed by atoms with van der Waals surface area (Å²) >= 11 is 1.81. The molecular formula is C26H33FN2O2S. The van der Waals surface area contributed by atoms with Crippen LogP contribution in [0.4, 0.5) is 4.39 Å². The minimum Gasteiger partial charge on any atom is -0.408 e. The molecule has 0 amide bonds. The molecule has 1 heterocycles. The smallest absolute Gasteiger partial charge is 0.408 e. The number of aromatic amines is 1. The van der Waals surface area contributed by atoms with Gasteiger partial charge in [-0.05, 0) is 106 Å². The average molecular weight is 457 g/mol. The molecule has 1 atom stereocenters. The Morgan fingerprint density at radius 3 is 2.62 bits per heavy atom. The van der Waals surface area contributed by atoms with E-state index in [4.69, 9.17) is 4.42 Å². The van der Waals surface area contributed by atoms with Crippen LogP contribution in [-0.4, -0.2) is 34.3 Å². The molecule has 1 aromatic heterocycles. The summed E-state index contributed by atoms with van der Waals surface area (Å²) < 4.78 is 18.3. The van der Waals surface area contributed by atoms with Crippen LogP contribution in [0.25, 0.3) is 11.1 Å². The number of oxazole rings is 1. The lowest BCUT2D eigenvalue weighted by molar-refractivity contribution is 0.108. The SMILES string of the molecule is CCN(C(C)CCCSc1ccc(F)cc1)C1CCC(c2ccc3[nH]c(=O)oc3c2)CC1. The zero-order valence-electron chi connectivity index (χ0n) is 19.0. The van der Waals surface area contributed by atoms with E-state index < -0.39 is 0 Å². The minimum atomic E-state index is -0.385. The van der Waals surface area contributed by atoms with Crippen LogP contribution >= 0.6 is 11.8 Å². The molecule has 1 unspecified atom stereocenters. The fourth-order valence-electron chi connectivity index (χ4n) is 5.15. The first-order chi connectivity index (χ1) is 15.5. The van der Waals surface area contributed by atoms with Crippen molar-refractivity contribution in [2.75, 3.05) is 12.3 Å². The first kappa shape index (κ1) is 23.1. The van der Waals surface area contributed by atoms with Crippen LogP contribution < -0.4 is 5.76 Å². The number of nitrogens with one attached hydrogen (secondary N) is 1. The Kier molecular flexibility index (Phi) is 7.74. The first-order valence-electron chi connectivity index (χ1n) is 11.8. The van der Waals surface area contributed by atoms with E-state index in [-0.39, 0.29) is 11.6 Å². The second-order valence-electron chi connectivity index (χ2n) is 8.90. The summed E-state index contributed by atoms with van der Waals surface area (Å²) in [4.78, 5) is 18.0. The van der Waals surface area contributed by atoms with Crippen molar-refractivity contribution >= 4 is 22.9 Å². The van der Waals surface area contributed by atoms with Crippen molar-refractivity contribution in [2.45, 2.75) is 75.3 Å². The lowest BCUT2D eigenvalue weighted by Crippen LogP contribution is -2.43. The zero-order valence-corrected chi connectivity index (χ0v) is 19.8. The first-order valence-corrected chi connectivity index (χ1v) is 12.8. The van der Waals surface area contributed by atoms with Crippen LogP contribution in [0, 0.1) is 5.82 Å². The average Bonchev–Trinajstić information content (AvgIpc) is 3.18. The van der Waals surface area contributed by atoms with E-state index in [9.17, 15) is 9.18 Å². The number of H-pyrrole nitrogens is 1. The molecule has 0 bridgehead atoms. The maximum Gasteiger partial charge on any atom is 0.417 e. The van der Waals surface area contributed by atoms with Crippen molar-refractivity contribution in [3.05, 3.63) is 64.4 Å². The van der Waals surface area contributed by atoms with Gasteiger partial charge in [0.05, 0.1) is 5.52 Å². The van der Waals surface area contributed by atoms with Crippen LogP contribution in [0.1, 0.15) is 63.9 Å². The summed E-state index contributed by atoms with van der Waals surface area (Å²) in [5.41, 5.74) is 2.72. The van der Waals surface area contributed by atoms with Crippen LogP contribution in [-0.2, 0) is 0 Å². The monoisotopic (exact) mass is 456 g/mol. The molecule has 1 fully saturated rings. The molecule has 4 nitrogen and oxygen atoms in total. The molecule has 0 radical (unpaired) electrons. The highest BCUT2D eigenvalue weighted by atomic mass is 32.2. The van der Waals surface area contributed by atoms with Gasteiger partial charge in [-0.1, -0.05) is 13.0 Å². The van der Waals surface area contributed by atoms with E-state index >= 15 is 0 Å². The highest BCUT2D eigenvalue weighted by molar-refractivity contribution is 7.99. The fourth-order valence-corrected chi connectivity index (χ4v) is 6.03. The van der Waals surface area contributed by atoms with Crippen LogP contribution in [0.3, 0.4) is 0 Å². The Bertz CT molecular complexity index is 1050. The van der Waals surface area contributed by atoms with E-state index in [1.165, 1.54) is 49.8 Å². The maximum atomic E-state index is 13.0. The Labute approximate surface area is 193 Å². The maximum absolute atomic E-state index is 13.0. The number of halogens is 1. The molecule has 6 heteroatoms. The largest absolute Gasteiger partial charge is 0.417 e. The molecule has 0 spiro atoms. The summed E-state index contributed by atoms with van der Waals surface area (Å²) in [5, 5.41) is 0. The lowest BCUT2D eigenvalue weighted by Gasteiger charge is -2.40. The Balaban J connectivity index is 1.25. The fraction of sp³-hybridized carbons (Fsp3) is 0.500. The topological polar surface area (TPSA) is 49.2 Å². The van der Waals surface area contributed by atoms with Gasteiger partial charge in [0.2, 0.25) is 0 Å². The molecule has 3 aromatic rings. The molecule has 2 aromatic carbocycles. The van der Waals surface area contributed by atoms with Crippen molar-refractivity contribution in [2.24, 2.45) is 0 Å². The Morgan fingerprint density at radius 2 is 1.91 bits per heavy atom. The van der Waals surface area contributed by atoms with Crippen molar-refractivity contribution in [3.63, 3.8) is 0 Å². The number of aromatic nitrogens is 1. The van der Waals surface area contributed by atoms with Crippen molar-refractivity contribution in [1.29, 1.82) is 0 Å². The molecule has 1 saturated carbocycles. The molecule has 172 valence electrons. The van der Waals surface area contributed by atoms with Gasteiger partial charge in [0.15, 0.2) is 5.58 Å². The second kappa shape index (κ2) is 10.7. The van der Waals surface area contributed by atoms with E-state index in [1.54, 1.807) is 0 Å². The summed E-state index contributed by atoms with van der Waals surface area (Å²) in [6.07, 6.45) is 7.12. The van der Waals surface area contributed by atoms with Crippen LogP contribution in [0.2, 0.25) is 0 Å². The van der Waals surface area contributed by atoms with Gasteiger partial charge in [-0.25, -0.2) is 9.18 Å².